The summed E-state index contributed by atoms with van der Waals surface area (Å²) in [6.45, 7) is 0. The summed E-state index contributed by atoms with van der Waals surface area (Å²) in [6, 6.07) is 9.24. The lowest BCUT2D eigenvalue weighted by Gasteiger charge is -2.06. The minimum atomic E-state index is -0.956. The molecule has 0 radical (unpaired) electrons. The first kappa shape index (κ1) is 10.9. The van der Waals surface area contributed by atoms with Gasteiger partial charge < -0.3 is 10.8 Å². The van der Waals surface area contributed by atoms with Crippen molar-refractivity contribution in [3.63, 3.8) is 0 Å². The van der Waals surface area contributed by atoms with E-state index in [1.165, 1.54) is 6.07 Å². The van der Waals surface area contributed by atoms with Gasteiger partial charge in [0.1, 0.15) is 5.75 Å². The van der Waals surface area contributed by atoms with E-state index in [2.05, 4.69) is 0 Å². The van der Waals surface area contributed by atoms with Gasteiger partial charge in [-0.1, -0.05) is 30.3 Å². The van der Waals surface area contributed by atoms with Crippen LogP contribution in [0.2, 0.25) is 0 Å². The zero-order chi connectivity index (χ0) is 12.4. The van der Waals surface area contributed by atoms with Crippen molar-refractivity contribution in [1.82, 2.24) is 5.32 Å². The Bertz CT molecular complexity index is 608. The van der Waals surface area contributed by atoms with Crippen molar-refractivity contribution in [2.75, 3.05) is 0 Å². The molecule has 0 aliphatic heterocycles. The highest BCUT2D eigenvalue weighted by atomic mass is 16.3. The van der Waals surface area contributed by atoms with Crippen molar-refractivity contribution in [2.45, 2.75) is 0 Å². The van der Waals surface area contributed by atoms with Gasteiger partial charge in [-0.2, -0.15) is 0 Å². The number of amides is 3. The molecule has 0 aromatic heterocycles. The van der Waals surface area contributed by atoms with Crippen molar-refractivity contribution < 1.29 is 14.7 Å². The first-order chi connectivity index (χ1) is 8.09. The van der Waals surface area contributed by atoms with E-state index in [1.807, 2.05) is 17.4 Å². The average Bonchev–Trinajstić information content (AvgIpc) is 2.28. The first-order valence-electron chi connectivity index (χ1n) is 4.91. The Balaban J connectivity index is 2.52. The molecule has 0 aliphatic carbocycles. The number of aromatic hydroxyl groups is 1. The lowest BCUT2D eigenvalue weighted by atomic mass is 10.0. The molecule has 2 rings (SSSR count). The zero-order valence-corrected chi connectivity index (χ0v) is 8.81. The Morgan fingerprint density at radius 3 is 2.53 bits per heavy atom. The number of hydrogen-bond acceptors (Lipinski definition) is 3. The maximum Gasteiger partial charge on any atom is 0.319 e. The van der Waals surface area contributed by atoms with Crippen LogP contribution in [0.25, 0.3) is 10.8 Å². The number of fused-ring (bicyclic) bond motifs is 1. The van der Waals surface area contributed by atoms with Crippen molar-refractivity contribution in [3.05, 3.63) is 42.0 Å². The van der Waals surface area contributed by atoms with Crippen molar-refractivity contribution in [1.29, 1.82) is 0 Å². The second-order valence-electron chi connectivity index (χ2n) is 3.50. The van der Waals surface area contributed by atoms with Crippen LogP contribution in [0.1, 0.15) is 10.4 Å². The number of benzene rings is 2. The van der Waals surface area contributed by atoms with Gasteiger partial charge in [-0.05, 0) is 11.5 Å². The van der Waals surface area contributed by atoms with Crippen LogP contribution in [-0.4, -0.2) is 17.0 Å². The van der Waals surface area contributed by atoms with Crippen LogP contribution in [-0.2, 0) is 0 Å². The van der Waals surface area contributed by atoms with Crippen LogP contribution in [0.5, 0.6) is 5.75 Å². The summed E-state index contributed by atoms with van der Waals surface area (Å²) in [5, 5.41) is 13.2. The first-order valence-corrected chi connectivity index (χ1v) is 4.91. The molecular formula is C12H10N2O3. The number of nitrogens with two attached hydrogens (primary N) is 1. The second-order valence-corrected chi connectivity index (χ2v) is 3.50. The fourth-order valence-electron chi connectivity index (χ4n) is 1.62. The number of urea groups is 1. The Labute approximate surface area is 96.8 Å². The van der Waals surface area contributed by atoms with E-state index in [0.717, 1.165) is 5.39 Å². The predicted octanol–water partition coefficient (Wildman–Crippen LogP) is 1.35. The molecule has 17 heavy (non-hydrogen) atoms. The fourth-order valence-corrected chi connectivity index (χ4v) is 1.62. The molecule has 2 aromatic rings. The highest BCUT2D eigenvalue weighted by Gasteiger charge is 2.14. The van der Waals surface area contributed by atoms with Crippen LogP contribution in [0.4, 0.5) is 4.79 Å². The highest BCUT2D eigenvalue weighted by molar-refractivity contribution is 6.08. The van der Waals surface area contributed by atoms with Gasteiger partial charge in [-0.3, -0.25) is 10.1 Å². The van der Waals surface area contributed by atoms with Gasteiger partial charge in [0.05, 0.1) is 5.56 Å². The third kappa shape index (κ3) is 2.03. The van der Waals surface area contributed by atoms with Gasteiger partial charge in [-0.25, -0.2) is 4.79 Å². The molecule has 0 heterocycles. The minimum absolute atomic E-state index is 0.0162. The molecule has 4 N–H and O–H groups in total. The van der Waals surface area contributed by atoms with E-state index < -0.39 is 11.9 Å². The quantitative estimate of drug-likeness (QED) is 0.690. The van der Waals surface area contributed by atoms with E-state index in [0.29, 0.717) is 5.39 Å². The molecule has 2 aromatic carbocycles. The number of primary amides is 1. The monoisotopic (exact) mass is 230 g/mol. The Kier molecular flexibility index (Phi) is 2.66. The van der Waals surface area contributed by atoms with Gasteiger partial charge in [-0.15, -0.1) is 0 Å². The number of phenolic OH excluding ortho intramolecular Hbond substituents is 1. The molecule has 5 nitrogen and oxygen atoms in total. The van der Waals surface area contributed by atoms with E-state index >= 15 is 0 Å². The van der Waals surface area contributed by atoms with Gasteiger partial charge >= 0.3 is 6.03 Å². The minimum Gasteiger partial charge on any atom is -0.506 e. The smallest absolute Gasteiger partial charge is 0.319 e. The molecule has 0 unspecified atom stereocenters. The van der Waals surface area contributed by atoms with Crippen LogP contribution in [0.15, 0.2) is 36.4 Å². The van der Waals surface area contributed by atoms with Gasteiger partial charge in [0.2, 0.25) is 0 Å². The third-order valence-corrected chi connectivity index (χ3v) is 2.38. The molecule has 0 spiro atoms. The SMILES string of the molecule is NC(=O)NC(=O)c1ccc2ccccc2c1O. The standard InChI is InChI=1S/C12H10N2O3/c13-12(17)14-11(16)9-6-5-7-3-1-2-4-8(7)10(9)15/h1-6,15H,(H3,13,14,16,17). The summed E-state index contributed by atoms with van der Waals surface area (Å²) in [4.78, 5) is 22.1. The number of imide groups is 1. The number of phenols is 1. The predicted molar refractivity (Wildman–Crippen MR) is 62.7 cm³/mol. The number of carbonyl (C=O) groups excluding carboxylic acids is 2. The highest BCUT2D eigenvalue weighted by Crippen LogP contribution is 2.28. The maximum absolute atomic E-state index is 11.5. The second kappa shape index (κ2) is 4.13. The zero-order valence-electron chi connectivity index (χ0n) is 8.81. The number of nitrogens with one attached hydrogen (secondary N) is 1. The van der Waals surface area contributed by atoms with Crippen LogP contribution >= 0.6 is 0 Å². The summed E-state index contributed by atoms with van der Waals surface area (Å²) in [5.74, 6) is -0.886. The number of rotatable bonds is 1. The maximum atomic E-state index is 11.5. The largest absolute Gasteiger partial charge is 0.506 e. The van der Waals surface area contributed by atoms with Crippen molar-refractivity contribution in [2.24, 2.45) is 5.73 Å². The number of hydrogen-bond donors (Lipinski definition) is 3. The molecule has 0 fully saturated rings. The lowest BCUT2D eigenvalue weighted by molar-refractivity contribution is 0.0964. The summed E-state index contributed by atoms with van der Waals surface area (Å²) in [7, 11) is 0. The average molecular weight is 230 g/mol. The van der Waals surface area contributed by atoms with Gasteiger partial charge in [0, 0.05) is 5.39 Å². The van der Waals surface area contributed by atoms with E-state index in [-0.39, 0.29) is 11.3 Å². The molecule has 0 aliphatic rings. The third-order valence-electron chi connectivity index (χ3n) is 2.38. The molecular weight excluding hydrogens is 220 g/mol. The van der Waals surface area contributed by atoms with Crippen molar-refractivity contribution >= 4 is 22.7 Å². The fraction of sp³-hybridized carbons (Fsp3) is 0. The van der Waals surface area contributed by atoms with Crippen LogP contribution in [0, 0.1) is 0 Å². The molecule has 0 atom stereocenters. The van der Waals surface area contributed by atoms with Crippen LogP contribution < -0.4 is 11.1 Å². The Hall–Kier alpha value is -2.56. The summed E-state index contributed by atoms with van der Waals surface area (Å²) >= 11 is 0. The normalized spacial score (nSPS) is 10.1. The van der Waals surface area contributed by atoms with Crippen LogP contribution in [0.3, 0.4) is 0 Å². The Morgan fingerprint density at radius 2 is 1.82 bits per heavy atom. The van der Waals surface area contributed by atoms with Gasteiger partial charge in [0.15, 0.2) is 0 Å². The number of carbonyl (C=O) groups is 2. The van der Waals surface area contributed by atoms with Crippen molar-refractivity contribution in [3.8, 4) is 5.75 Å². The lowest BCUT2D eigenvalue weighted by Crippen LogP contribution is -2.34. The summed E-state index contributed by atoms with van der Waals surface area (Å²) in [6.07, 6.45) is 0. The molecule has 86 valence electrons. The molecule has 5 heteroatoms. The summed E-state index contributed by atoms with van der Waals surface area (Å²) in [5.41, 5.74) is 4.86. The topological polar surface area (TPSA) is 92.4 Å². The van der Waals surface area contributed by atoms with Gasteiger partial charge in [0.25, 0.3) is 5.91 Å². The van der Waals surface area contributed by atoms with E-state index in [9.17, 15) is 14.7 Å². The molecule has 3 amide bonds. The molecule has 0 saturated heterocycles. The Morgan fingerprint density at radius 1 is 1.12 bits per heavy atom. The van der Waals surface area contributed by atoms with E-state index in [4.69, 9.17) is 5.73 Å². The molecule has 0 saturated carbocycles. The molecule has 0 bridgehead atoms. The van der Waals surface area contributed by atoms with E-state index in [1.54, 1.807) is 18.2 Å². The summed E-state index contributed by atoms with van der Waals surface area (Å²) < 4.78 is 0.